The number of anilines is 2. The number of carbonyl (C=O) groups excluding carboxylic acids is 1. The summed E-state index contributed by atoms with van der Waals surface area (Å²) >= 11 is 0. The first-order valence-electron chi connectivity index (χ1n) is 9.80. The summed E-state index contributed by atoms with van der Waals surface area (Å²) < 4.78 is 5.91. The third-order valence-corrected chi connectivity index (χ3v) is 4.92. The first kappa shape index (κ1) is 18.7. The normalized spacial score (nSPS) is 10.8. The van der Waals surface area contributed by atoms with Crippen LogP contribution >= 0.6 is 0 Å². The molecule has 3 aromatic carbocycles. The van der Waals surface area contributed by atoms with Gasteiger partial charge in [-0.2, -0.15) is 0 Å². The Hall–Kier alpha value is -3.60. The zero-order chi connectivity index (χ0) is 20.2. The predicted octanol–water partition coefficient (Wildman–Crippen LogP) is 5.59. The molecule has 0 atom stereocenters. The quantitative estimate of drug-likeness (QED) is 0.470. The molecule has 0 spiro atoms. The van der Waals surface area contributed by atoms with Gasteiger partial charge >= 0.3 is 0 Å². The number of fused-ring (bicyclic) bond motifs is 1. The van der Waals surface area contributed by atoms with Gasteiger partial charge in [0, 0.05) is 35.6 Å². The van der Waals surface area contributed by atoms with E-state index in [0.29, 0.717) is 28.2 Å². The van der Waals surface area contributed by atoms with Crippen LogP contribution in [0.15, 0.2) is 77.2 Å². The van der Waals surface area contributed by atoms with E-state index >= 15 is 0 Å². The summed E-state index contributed by atoms with van der Waals surface area (Å²) in [4.78, 5) is 19.3. The maximum absolute atomic E-state index is 12.4. The molecule has 4 aromatic rings. The molecule has 1 amide bonds. The van der Waals surface area contributed by atoms with E-state index in [1.807, 2.05) is 48.5 Å². The number of amides is 1. The highest BCUT2D eigenvalue weighted by Crippen LogP contribution is 2.28. The Morgan fingerprint density at radius 2 is 1.69 bits per heavy atom. The minimum Gasteiger partial charge on any atom is -0.436 e. The third-order valence-electron chi connectivity index (χ3n) is 4.92. The molecule has 0 fully saturated rings. The average molecular weight is 385 g/mol. The third kappa shape index (κ3) is 3.99. The zero-order valence-electron chi connectivity index (χ0n) is 16.6. The maximum atomic E-state index is 12.4. The molecule has 0 bridgehead atoms. The highest BCUT2D eigenvalue weighted by molar-refractivity contribution is 6.04. The van der Waals surface area contributed by atoms with E-state index in [9.17, 15) is 4.79 Å². The van der Waals surface area contributed by atoms with Crippen LogP contribution in [-0.4, -0.2) is 24.0 Å². The Bertz CT molecular complexity index is 1110. The molecule has 1 N–H and O–H groups in total. The summed E-state index contributed by atoms with van der Waals surface area (Å²) in [5, 5.41) is 2.91. The lowest BCUT2D eigenvalue weighted by Crippen LogP contribution is -2.21. The molecule has 146 valence electrons. The van der Waals surface area contributed by atoms with Crippen LogP contribution in [0.25, 0.3) is 22.6 Å². The molecule has 0 unspecified atom stereocenters. The number of hydrogen-bond donors (Lipinski definition) is 1. The van der Waals surface area contributed by atoms with Crippen molar-refractivity contribution in [3.63, 3.8) is 0 Å². The van der Waals surface area contributed by atoms with E-state index < -0.39 is 0 Å². The second kappa shape index (κ2) is 8.19. The summed E-state index contributed by atoms with van der Waals surface area (Å²) in [6.07, 6.45) is 0. The first-order valence-corrected chi connectivity index (χ1v) is 9.80. The molecule has 1 heterocycles. The average Bonchev–Trinajstić information content (AvgIpc) is 3.19. The number of hydrogen-bond acceptors (Lipinski definition) is 4. The minimum atomic E-state index is -0.152. The monoisotopic (exact) mass is 385 g/mol. The molecule has 0 aliphatic heterocycles. The van der Waals surface area contributed by atoms with E-state index in [1.165, 1.54) is 5.69 Å². The van der Waals surface area contributed by atoms with Gasteiger partial charge < -0.3 is 14.6 Å². The van der Waals surface area contributed by atoms with Crippen molar-refractivity contribution in [3.8, 4) is 11.5 Å². The molecule has 0 saturated heterocycles. The number of aromatic nitrogens is 1. The fraction of sp³-hybridized carbons (Fsp3) is 0.167. The van der Waals surface area contributed by atoms with Crippen LogP contribution in [0.3, 0.4) is 0 Å². The van der Waals surface area contributed by atoms with Gasteiger partial charge in [0.05, 0.1) is 0 Å². The molecule has 5 nitrogen and oxygen atoms in total. The molecular formula is C24H23N3O2. The summed E-state index contributed by atoms with van der Waals surface area (Å²) in [6, 6.07) is 22.8. The highest BCUT2D eigenvalue weighted by Gasteiger charge is 2.11. The Morgan fingerprint density at radius 3 is 2.38 bits per heavy atom. The number of nitrogens with one attached hydrogen (secondary N) is 1. The maximum Gasteiger partial charge on any atom is 0.255 e. The van der Waals surface area contributed by atoms with Crippen molar-refractivity contribution in [3.05, 3.63) is 78.4 Å². The molecular weight excluding hydrogens is 362 g/mol. The lowest BCUT2D eigenvalue weighted by atomic mass is 10.2. The molecule has 0 aliphatic rings. The van der Waals surface area contributed by atoms with Gasteiger partial charge in [-0.05, 0) is 68.4 Å². The van der Waals surface area contributed by atoms with Gasteiger partial charge in [-0.1, -0.05) is 18.2 Å². The second-order valence-electron chi connectivity index (χ2n) is 6.74. The van der Waals surface area contributed by atoms with Crippen molar-refractivity contribution in [2.75, 3.05) is 23.3 Å². The summed E-state index contributed by atoms with van der Waals surface area (Å²) in [6.45, 7) is 6.23. The number of nitrogens with zero attached hydrogens (tertiary/aromatic N) is 2. The van der Waals surface area contributed by atoms with Crippen LogP contribution in [0.5, 0.6) is 0 Å². The van der Waals surface area contributed by atoms with Gasteiger partial charge in [-0.3, -0.25) is 4.79 Å². The van der Waals surface area contributed by atoms with Gasteiger partial charge in [-0.15, -0.1) is 0 Å². The molecule has 0 saturated carbocycles. The van der Waals surface area contributed by atoms with Crippen molar-refractivity contribution >= 4 is 28.4 Å². The van der Waals surface area contributed by atoms with E-state index in [-0.39, 0.29) is 5.91 Å². The smallest absolute Gasteiger partial charge is 0.255 e. The van der Waals surface area contributed by atoms with Gasteiger partial charge in [0.15, 0.2) is 5.58 Å². The van der Waals surface area contributed by atoms with E-state index in [0.717, 1.165) is 18.7 Å². The topological polar surface area (TPSA) is 58.4 Å². The number of benzene rings is 3. The van der Waals surface area contributed by atoms with Gasteiger partial charge in [0.2, 0.25) is 5.89 Å². The van der Waals surface area contributed by atoms with E-state index in [4.69, 9.17) is 4.42 Å². The lowest BCUT2D eigenvalue weighted by Gasteiger charge is -2.20. The van der Waals surface area contributed by atoms with Gasteiger partial charge in [-0.25, -0.2) is 4.98 Å². The molecule has 5 heteroatoms. The van der Waals surface area contributed by atoms with Crippen LogP contribution in [0.2, 0.25) is 0 Å². The molecule has 0 radical (unpaired) electrons. The van der Waals surface area contributed by atoms with Crippen LogP contribution in [0.1, 0.15) is 24.2 Å². The second-order valence-corrected chi connectivity index (χ2v) is 6.74. The Balaban J connectivity index is 1.56. The van der Waals surface area contributed by atoms with Gasteiger partial charge in [0.1, 0.15) is 5.52 Å². The lowest BCUT2D eigenvalue weighted by molar-refractivity contribution is 0.102. The zero-order valence-corrected chi connectivity index (χ0v) is 16.6. The Labute approximate surface area is 170 Å². The Kier molecular flexibility index (Phi) is 5.29. The van der Waals surface area contributed by atoms with Crippen LogP contribution in [0.4, 0.5) is 11.4 Å². The largest absolute Gasteiger partial charge is 0.436 e. The van der Waals surface area contributed by atoms with Crippen molar-refractivity contribution < 1.29 is 9.21 Å². The fourth-order valence-electron chi connectivity index (χ4n) is 3.33. The van der Waals surface area contributed by atoms with Crippen molar-refractivity contribution in [2.24, 2.45) is 0 Å². The SMILES string of the molecule is CCN(CC)c1ccc(-c2nc3cc(NC(=O)c4ccccc4)ccc3o2)cc1. The highest BCUT2D eigenvalue weighted by atomic mass is 16.3. The number of oxazole rings is 1. The van der Waals surface area contributed by atoms with Crippen molar-refractivity contribution in [2.45, 2.75) is 13.8 Å². The summed E-state index contributed by atoms with van der Waals surface area (Å²) in [7, 11) is 0. The predicted molar refractivity (Wildman–Crippen MR) is 117 cm³/mol. The summed E-state index contributed by atoms with van der Waals surface area (Å²) in [5.41, 5.74) is 4.79. The van der Waals surface area contributed by atoms with Crippen molar-refractivity contribution in [1.29, 1.82) is 0 Å². The van der Waals surface area contributed by atoms with Crippen LogP contribution in [-0.2, 0) is 0 Å². The fourth-order valence-corrected chi connectivity index (χ4v) is 3.33. The standard InChI is InChI=1S/C24H23N3O2/c1-3-27(4-2)20-13-10-18(11-14-20)24-26-21-16-19(12-15-22(21)29-24)25-23(28)17-8-6-5-7-9-17/h5-16H,3-4H2,1-2H3,(H,25,28). The van der Waals surface area contributed by atoms with Crippen LogP contribution in [0, 0.1) is 0 Å². The Morgan fingerprint density at radius 1 is 0.966 bits per heavy atom. The molecule has 0 aliphatic carbocycles. The number of carbonyl (C=O) groups is 1. The minimum absolute atomic E-state index is 0.152. The molecule has 4 rings (SSSR count). The van der Waals surface area contributed by atoms with Crippen molar-refractivity contribution in [1.82, 2.24) is 4.98 Å². The molecule has 29 heavy (non-hydrogen) atoms. The van der Waals surface area contributed by atoms with E-state index in [1.54, 1.807) is 12.1 Å². The van der Waals surface area contributed by atoms with Crippen LogP contribution < -0.4 is 10.2 Å². The molecule has 1 aromatic heterocycles. The first-order chi connectivity index (χ1) is 14.2. The van der Waals surface area contributed by atoms with Gasteiger partial charge in [0.25, 0.3) is 5.91 Å². The van der Waals surface area contributed by atoms with E-state index in [2.05, 4.69) is 41.2 Å². The number of rotatable bonds is 6. The summed E-state index contributed by atoms with van der Waals surface area (Å²) in [5.74, 6) is 0.415.